The first-order chi connectivity index (χ1) is 20.2. The van der Waals surface area contributed by atoms with E-state index in [1.807, 2.05) is 0 Å². The standard InChI is InChI=1S/C28H20N4O8S2/c33-17-11-5-14(6-12-17)29-20(34)13-40-19-4-2-1-3-18(19)21-22-24(41-25-23(21)42-28(37)30-25)27(36)31(26(22)35)15-7-9-16(10-8-15)32(38)39/h1-12,21-22,24,33H,13H2,(H,29,34)(H,30,37)/t21-,22-,24+/m0/s1. The molecule has 0 unspecified atom stereocenters. The molecule has 3 heterocycles. The van der Waals surface area contributed by atoms with Gasteiger partial charge in [0.15, 0.2) is 6.61 Å². The highest BCUT2D eigenvalue weighted by molar-refractivity contribution is 8.00. The lowest BCUT2D eigenvalue weighted by atomic mass is 9.82. The number of aromatic hydroxyl groups is 1. The maximum Gasteiger partial charge on any atom is 0.305 e. The number of carbonyl (C=O) groups is 3. The number of nitro benzene ring substituents is 1. The summed E-state index contributed by atoms with van der Waals surface area (Å²) in [5.74, 6) is -2.77. The first-order valence-electron chi connectivity index (χ1n) is 12.5. The van der Waals surface area contributed by atoms with Crippen molar-refractivity contribution in [3.05, 3.63) is 103 Å². The van der Waals surface area contributed by atoms with E-state index in [2.05, 4.69) is 10.3 Å². The number of nitrogens with zero attached hydrogens (tertiary/aromatic N) is 2. The highest BCUT2D eigenvalue weighted by atomic mass is 32.2. The number of H-pyrrole nitrogens is 1. The highest BCUT2D eigenvalue weighted by Gasteiger charge is 2.56. The van der Waals surface area contributed by atoms with Crippen LogP contribution in [0.15, 0.2) is 82.6 Å². The van der Waals surface area contributed by atoms with Crippen molar-refractivity contribution in [1.29, 1.82) is 0 Å². The number of thioether (sulfide) groups is 1. The van der Waals surface area contributed by atoms with Gasteiger partial charge in [-0.1, -0.05) is 41.3 Å². The lowest BCUT2D eigenvalue weighted by molar-refractivity contribution is -0.384. The van der Waals surface area contributed by atoms with E-state index >= 15 is 0 Å². The largest absolute Gasteiger partial charge is 0.508 e. The minimum Gasteiger partial charge on any atom is -0.508 e. The van der Waals surface area contributed by atoms with Gasteiger partial charge in [0.25, 0.3) is 11.6 Å². The molecule has 42 heavy (non-hydrogen) atoms. The lowest BCUT2D eigenvalue weighted by Gasteiger charge is -2.30. The first kappa shape index (κ1) is 27.2. The number of benzene rings is 3. The number of thiazole rings is 1. The van der Waals surface area contributed by atoms with E-state index in [-0.39, 0.29) is 28.6 Å². The third-order valence-electron chi connectivity index (χ3n) is 6.91. The van der Waals surface area contributed by atoms with Gasteiger partial charge >= 0.3 is 4.87 Å². The molecule has 1 fully saturated rings. The van der Waals surface area contributed by atoms with E-state index in [9.17, 15) is 34.4 Å². The van der Waals surface area contributed by atoms with Gasteiger partial charge in [-0.2, -0.15) is 0 Å². The Balaban J connectivity index is 1.33. The fourth-order valence-electron chi connectivity index (χ4n) is 5.08. The van der Waals surface area contributed by atoms with Crippen LogP contribution in [0.1, 0.15) is 16.4 Å². The molecular weight excluding hydrogens is 584 g/mol. The number of rotatable bonds is 7. The molecule has 12 nitrogen and oxygen atoms in total. The number of phenolic OH excluding ortho intramolecular Hbond substituents is 1. The second-order valence-electron chi connectivity index (χ2n) is 9.46. The third kappa shape index (κ3) is 4.90. The number of amides is 3. The molecule has 14 heteroatoms. The van der Waals surface area contributed by atoms with Crippen molar-refractivity contribution in [3.8, 4) is 11.5 Å². The lowest BCUT2D eigenvalue weighted by Crippen LogP contribution is -2.32. The molecule has 2 aliphatic rings. The predicted octanol–water partition coefficient (Wildman–Crippen LogP) is 3.86. The molecular formula is C28H20N4O8S2. The number of nitro groups is 1. The molecule has 3 atom stereocenters. The van der Waals surface area contributed by atoms with E-state index in [1.54, 1.807) is 24.3 Å². The van der Waals surface area contributed by atoms with Crippen molar-refractivity contribution in [2.24, 2.45) is 5.92 Å². The van der Waals surface area contributed by atoms with Gasteiger partial charge in [0.05, 0.1) is 21.6 Å². The van der Waals surface area contributed by atoms with Gasteiger partial charge in [0.2, 0.25) is 11.8 Å². The summed E-state index contributed by atoms with van der Waals surface area (Å²) in [6.45, 7) is -0.370. The minimum absolute atomic E-state index is 0.0561. The summed E-state index contributed by atoms with van der Waals surface area (Å²) < 4.78 is 5.90. The molecule has 212 valence electrons. The normalized spacial score (nSPS) is 19.2. The van der Waals surface area contributed by atoms with Crippen LogP contribution in [0.2, 0.25) is 0 Å². The molecule has 3 aromatic carbocycles. The number of imide groups is 1. The number of carbonyl (C=O) groups excluding carboxylic acids is 3. The summed E-state index contributed by atoms with van der Waals surface area (Å²) in [4.78, 5) is 67.1. The molecule has 4 aromatic rings. The first-order valence-corrected chi connectivity index (χ1v) is 14.2. The van der Waals surface area contributed by atoms with Crippen LogP contribution in [-0.2, 0) is 14.4 Å². The van der Waals surface area contributed by atoms with Crippen LogP contribution in [0.5, 0.6) is 11.5 Å². The zero-order valence-electron chi connectivity index (χ0n) is 21.4. The predicted molar refractivity (Wildman–Crippen MR) is 154 cm³/mol. The monoisotopic (exact) mass is 604 g/mol. The zero-order valence-corrected chi connectivity index (χ0v) is 23.0. The molecule has 1 saturated heterocycles. The van der Waals surface area contributed by atoms with Gasteiger partial charge in [-0.05, 0) is 42.5 Å². The van der Waals surface area contributed by atoms with Crippen LogP contribution >= 0.6 is 23.1 Å². The van der Waals surface area contributed by atoms with Crippen molar-refractivity contribution in [2.75, 3.05) is 16.8 Å². The van der Waals surface area contributed by atoms with Gasteiger partial charge < -0.3 is 20.1 Å². The highest BCUT2D eigenvalue weighted by Crippen LogP contribution is 2.54. The molecule has 0 spiro atoms. The fourth-order valence-corrected chi connectivity index (χ4v) is 7.59. The second kappa shape index (κ2) is 10.8. The molecule has 0 bridgehead atoms. The molecule has 3 amide bonds. The van der Waals surface area contributed by atoms with Crippen LogP contribution in [0, 0.1) is 16.0 Å². The number of para-hydroxylation sites is 1. The van der Waals surface area contributed by atoms with E-state index in [0.29, 0.717) is 26.9 Å². The number of aromatic nitrogens is 1. The fraction of sp³-hybridized carbons (Fsp3) is 0.143. The Morgan fingerprint density at radius 3 is 2.45 bits per heavy atom. The summed E-state index contributed by atoms with van der Waals surface area (Å²) in [6.07, 6.45) is 0. The molecule has 0 aliphatic carbocycles. The molecule has 1 aromatic heterocycles. The third-order valence-corrected chi connectivity index (χ3v) is 9.31. The summed E-state index contributed by atoms with van der Waals surface area (Å²) in [5.41, 5.74) is 1.01. The van der Waals surface area contributed by atoms with Crippen molar-refractivity contribution in [1.82, 2.24) is 4.98 Å². The van der Waals surface area contributed by atoms with E-state index in [1.165, 1.54) is 48.5 Å². The number of ether oxygens (including phenoxy) is 1. The summed E-state index contributed by atoms with van der Waals surface area (Å²) in [7, 11) is 0. The van der Waals surface area contributed by atoms with Crippen LogP contribution in [-0.4, -0.2) is 44.6 Å². The van der Waals surface area contributed by atoms with Crippen molar-refractivity contribution >= 4 is 57.9 Å². The molecule has 0 radical (unpaired) electrons. The van der Waals surface area contributed by atoms with Gasteiger partial charge in [-0.15, -0.1) is 0 Å². The summed E-state index contributed by atoms with van der Waals surface area (Å²) >= 11 is 2.04. The quantitative estimate of drug-likeness (QED) is 0.123. The van der Waals surface area contributed by atoms with Gasteiger partial charge in [0.1, 0.15) is 16.7 Å². The molecule has 3 N–H and O–H groups in total. The van der Waals surface area contributed by atoms with Gasteiger partial charge in [0, 0.05) is 34.2 Å². The number of nitrogens with one attached hydrogen (secondary N) is 2. The Morgan fingerprint density at radius 2 is 1.74 bits per heavy atom. The Bertz CT molecular complexity index is 1780. The number of hydrogen-bond acceptors (Lipinski definition) is 10. The average Bonchev–Trinajstić information content (AvgIpc) is 3.47. The van der Waals surface area contributed by atoms with Crippen molar-refractivity contribution in [2.45, 2.75) is 16.2 Å². The molecule has 0 saturated carbocycles. The average molecular weight is 605 g/mol. The molecule has 2 aliphatic heterocycles. The maximum absolute atomic E-state index is 13.9. The van der Waals surface area contributed by atoms with Crippen LogP contribution in [0.4, 0.5) is 17.1 Å². The minimum atomic E-state index is -0.910. The number of aromatic amines is 1. The maximum atomic E-state index is 13.9. The smallest absolute Gasteiger partial charge is 0.305 e. The number of anilines is 2. The molecule has 6 rings (SSSR count). The topological polar surface area (TPSA) is 172 Å². The zero-order chi connectivity index (χ0) is 29.5. The van der Waals surface area contributed by atoms with E-state index < -0.39 is 39.7 Å². The van der Waals surface area contributed by atoms with Gasteiger partial charge in [-0.3, -0.25) is 29.3 Å². The summed E-state index contributed by atoms with van der Waals surface area (Å²) in [5, 5.41) is 22.8. The van der Waals surface area contributed by atoms with Crippen LogP contribution < -0.4 is 19.8 Å². The second-order valence-corrected chi connectivity index (χ2v) is 11.6. The number of fused-ring (bicyclic) bond motifs is 2. The number of phenols is 1. The Labute approximate surface area is 245 Å². The van der Waals surface area contributed by atoms with Crippen molar-refractivity contribution < 1.29 is 29.2 Å². The number of hydrogen-bond donors (Lipinski definition) is 3. The SMILES string of the molecule is O=C(COc1ccccc1[C@@H]1c2sc(=O)[nH]c2S[C@H]2C(=O)N(c3ccc([N+](=O)[O-])cc3)C(=O)[C@@H]12)Nc1ccc(O)cc1. The van der Waals surface area contributed by atoms with Crippen LogP contribution in [0.3, 0.4) is 0 Å². The Hall–Kier alpha value is -4.95. The van der Waals surface area contributed by atoms with Crippen molar-refractivity contribution in [3.63, 3.8) is 0 Å². The Kier molecular flexibility index (Phi) is 7.00. The Morgan fingerprint density at radius 1 is 1.02 bits per heavy atom. The van der Waals surface area contributed by atoms with Crippen LogP contribution in [0.25, 0.3) is 0 Å². The number of non-ortho nitro benzene ring substituents is 1. The summed E-state index contributed by atoms with van der Waals surface area (Å²) in [6, 6.07) is 17.9. The van der Waals surface area contributed by atoms with Gasteiger partial charge in [-0.25, -0.2) is 4.90 Å². The van der Waals surface area contributed by atoms with E-state index in [0.717, 1.165) is 28.0 Å². The van der Waals surface area contributed by atoms with E-state index in [4.69, 9.17) is 4.74 Å².